The molecule has 6 heteroatoms. The number of hydrogen-bond donors (Lipinski definition) is 1. The summed E-state index contributed by atoms with van der Waals surface area (Å²) in [6.45, 7) is 4.52. The van der Waals surface area contributed by atoms with Gasteiger partial charge in [0.2, 0.25) is 0 Å². The maximum atomic E-state index is 5.86. The van der Waals surface area contributed by atoms with Gasteiger partial charge in [0.25, 0.3) is 0 Å². The molecule has 2 N–H and O–H groups in total. The molecule has 0 radical (unpaired) electrons. The molecule has 0 saturated heterocycles. The van der Waals surface area contributed by atoms with Crippen LogP contribution in [0.25, 0.3) is 0 Å². The van der Waals surface area contributed by atoms with Gasteiger partial charge in [-0.25, -0.2) is 0 Å². The van der Waals surface area contributed by atoms with Crippen LogP contribution in [0.1, 0.15) is 17.4 Å². The number of nitrogens with zero attached hydrogens (tertiary/aromatic N) is 2. The molecule has 0 bridgehead atoms. The Hall–Kier alpha value is -1.27. The van der Waals surface area contributed by atoms with Crippen LogP contribution in [0.2, 0.25) is 0 Å². The molecular formula is C12H15N3OS2. The molecule has 0 atom stereocenters. The quantitative estimate of drug-likeness (QED) is 0.940. The predicted molar refractivity (Wildman–Crippen MR) is 76.8 cm³/mol. The molecule has 3 rings (SSSR count). The minimum Gasteiger partial charge on any atom is -0.487 e. The standard InChI is InChI=1S/C12H15N3OS2/c1-2-16-10-11(13)14-18-12(10)15-5-3-9-8(7-15)4-6-17-9/h4,6H,2-3,5,7H2,1H3,(H2,13,14). The Balaban J connectivity index is 1.88. The van der Waals surface area contributed by atoms with E-state index >= 15 is 0 Å². The van der Waals surface area contributed by atoms with Gasteiger partial charge < -0.3 is 15.4 Å². The lowest BCUT2D eigenvalue weighted by Crippen LogP contribution is -2.29. The molecule has 0 fully saturated rings. The first-order valence-corrected chi connectivity index (χ1v) is 7.63. The van der Waals surface area contributed by atoms with E-state index in [1.165, 1.54) is 22.0 Å². The summed E-state index contributed by atoms with van der Waals surface area (Å²) in [6.07, 6.45) is 1.09. The van der Waals surface area contributed by atoms with E-state index in [2.05, 4.69) is 20.7 Å². The van der Waals surface area contributed by atoms with E-state index in [1.807, 2.05) is 18.3 Å². The van der Waals surface area contributed by atoms with E-state index < -0.39 is 0 Å². The van der Waals surface area contributed by atoms with E-state index in [9.17, 15) is 0 Å². The van der Waals surface area contributed by atoms with Crippen molar-refractivity contribution < 1.29 is 4.74 Å². The fourth-order valence-electron chi connectivity index (χ4n) is 2.19. The van der Waals surface area contributed by atoms with Crippen molar-refractivity contribution in [1.29, 1.82) is 0 Å². The van der Waals surface area contributed by atoms with Crippen LogP contribution >= 0.6 is 22.9 Å². The highest BCUT2D eigenvalue weighted by Gasteiger charge is 2.23. The fourth-order valence-corrected chi connectivity index (χ4v) is 3.86. The van der Waals surface area contributed by atoms with Crippen LogP contribution in [-0.4, -0.2) is 17.5 Å². The molecule has 3 heterocycles. The zero-order valence-electron chi connectivity index (χ0n) is 10.2. The average Bonchev–Trinajstić information content (AvgIpc) is 2.97. The van der Waals surface area contributed by atoms with Crippen LogP contribution < -0.4 is 15.4 Å². The summed E-state index contributed by atoms with van der Waals surface area (Å²) in [4.78, 5) is 3.82. The van der Waals surface area contributed by atoms with Gasteiger partial charge in [0.05, 0.1) is 6.61 Å². The van der Waals surface area contributed by atoms with Gasteiger partial charge in [-0.3, -0.25) is 0 Å². The van der Waals surface area contributed by atoms with Gasteiger partial charge in [0.1, 0.15) is 0 Å². The topological polar surface area (TPSA) is 51.4 Å². The minimum atomic E-state index is 0.507. The summed E-state index contributed by atoms with van der Waals surface area (Å²) in [6, 6.07) is 2.21. The Kier molecular flexibility index (Phi) is 3.13. The first kappa shape index (κ1) is 11.8. The number of hydrogen-bond acceptors (Lipinski definition) is 6. The van der Waals surface area contributed by atoms with Crippen molar-refractivity contribution in [2.75, 3.05) is 23.8 Å². The number of nitrogens with two attached hydrogens (primary N) is 1. The number of fused-ring (bicyclic) bond motifs is 1. The van der Waals surface area contributed by atoms with Gasteiger partial charge in [-0.2, -0.15) is 4.37 Å². The molecule has 2 aromatic heterocycles. The van der Waals surface area contributed by atoms with Crippen LogP contribution in [0.5, 0.6) is 5.75 Å². The number of ether oxygens (including phenoxy) is 1. The highest BCUT2D eigenvalue weighted by molar-refractivity contribution is 7.11. The molecule has 1 aliphatic rings. The van der Waals surface area contributed by atoms with Gasteiger partial charge in [0, 0.05) is 18.0 Å². The number of anilines is 2. The third kappa shape index (κ3) is 1.95. The largest absolute Gasteiger partial charge is 0.487 e. The highest BCUT2D eigenvalue weighted by Crippen LogP contribution is 2.40. The molecule has 18 heavy (non-hydrogen) atoms. The van der Waals surface area contributed by atoms with Gasteiger partial charge in [-0.05, 0) is 41.9 Å². The van der Waals surface area contributed by atoms with Crippen molar-refractivity contribution >= 4 is 33.7 Å². The van der Waals surface area contributed by atoms with Crippen LogP contribution in [0, 0.1) is 0 Å². The summed E-state index contributed by atoms with van der Waals surface area (Å²) < 4.78 is 9.82. The normalized spacial score (nSPS) is 14.6. The third-order valence-electron chi connectivity index (χ3n) is 3.04. The summed E-state index contributed by atoms with van der Waals surface area (Å²) in [7, 11) is 0. The van der Waals surface area contributed by atoms with Gasteiger partial charge >= 0.3 is 0 Å². The second-order valence-electron chi connectivity index (χ2n) is 4.18. The van der Waals surface area contributed by atoms with Crippen LogP contribution in [0.15, 0.2) is 11.4 Å². The van der Waals surface area contributed by atoms with Gasteiger partial charge in [0.15, 0.2) is 16.6 Å². The van der Waals surface area contributed by atoms with E-state index in [0.717, 1.165) is 30.3 Å². The van der Waals surface area contributed by atoms with Crippen molar-refractivity contribution in [2.45, 2.75) is 19.9 Å². The van der Waals surface area contributed by atoms with Crippen LogP contribution in [0.3, 0.4) is 0 Å². The molecular weight excluding hydrogens is 266 g/mol. The molecule has 0 unspecified atom stereocenters. The summed E-state index contributed by atoms with van der Waals surface area (Å²) in [5.74, 6) is 1.26. The Morgan fingerprint density at radius 1 is 1.56 bits per heavy atom. The van der Waals surface area contributed by atoms with Gasteiger partial charge in [-0.1, -0.05) is 0 Å². The molecule has 2 aromatic rings. The maximum Gasteiger partial charge on any atom is 0.197 e. The number of thiophene rings is 1. The number of aromatic nitrogens is 1. The van der Waals surface area contributed by atoms with Crippen molar-refractivity contribution in [3.63, 3.8) is 0 Å². The summed E-state index contributed by atoms with van der Waals surface area (Å²) in [5, 5.41) is 3.23. The predicted octanol–water partition coefficient (Wildman–Crippen LogP) is 2.75. The van der Waals surface area contributed by atoms with Gasteiger partial charge in [-0.15, -0.1) is 11.3 Å². The van der Waals surface area contributed by atoms with E-state index in [1.54, 1.807) is 0 Å². The summed E-state index contributed by atoms with van der Waals surface area (Å²) >= 11 is 3.28. The lowest BCUT2D eigenvalue weighted by molar-refractivity contribution is 0.343. The zero-order valence-corrected chi connectivity index (χ0v) is 11.8. The molecule has 4 nitrogen and oxygen atoms in total. The van der Waals surface area contributed by atoms with Crippen molar-refractivity contribution in [3.8, 4) is 5.75 Å². The Bertz CT molecular complexity index is 549. The van der Waals surface area contributed by atoms with Crippen molar-refractivity contribution in [2.24, 2.45) is 0 Å². The lowest BCUT2D eigenvalue weighted by atomic mass is 10.1. The van der Waals surface area contributed by atoms with E-state index in [0.29, 0.717) is 12.4 Å². The smallest absolute Gasteiger partial charge is 0.197 e. The molecule has 96 valence electrons. The third-order valence-corrected chi connectivity index (χ3v) is 4.97. The minimum absolute atomic E-state index is 0.507. The molecule has 0 spiro atoms. The average molecular weight is 281 g/mol. The second-order valence-corrected chi connectivity index (χ2v) is 5.93. The van der Waals surface area contributed by atoms with Crippen LogP contribution in [0.4, 0.5) is 10.8 Å². The van der Waals surface area contributed by atoms with E-state index in [-0.39, 0.29) is 0 Å². The molecule has 0 aromatic carbocycles. The molecule has 0 aliphatic carbocycles. The Labute approximate surface area is 114 Å². The first-order valence-electron chi connectivity index (χ1n) is 5.97. The number of rotatable bonds is 3. The van der Waals surface area contributed by atoms with Crippen molar-refractivity contribution in [1.82, 2.24) is 4.37 Å². The molecule has 1 aliphatic heterocycles. The van der Waals surface area contributed by atoms with E-state index in [4.69, 9.17) is 10.5 Å². The van der Waals surface area contributed by atoms with Crippen molar-refractivity contribution in [3.05, 3.63) is 21.9 Å². The zero-order chi connectivity index (χ0) is 12.5. The molecule has 0 amide bonds. The fraction of sp³-hybridized carbons (Fsp3) is 0.417. The highest BCUT2D eigenvalue weighted by atomic mass is 32.1. The monoisotopic (exact) mass is 281 g/mol. The van der Waals surface area contributed by atoms with Crippen LogP contribution in [-0.2, 0) is 13.0 Å². The Morgan fingerprint density at radius 2 is 2.44 bits per heavy atom. The SMILES string of the molecule is CCOc1c(N)nsc1N1CCc2sccc2C1. The maximum absolute atomic E-state index is 5.86. The number of nitrogen functional groups attached to an aromatic ring is 1. The molecule has 0 saturated carbocycles. The Morgan fingerprint density at radius 3 is 3.28 bits per heavy atom. The second kappa shape index (κ2) is 4.78. The lowest BCUT2D eigenvalue weighted by Gasteiger charge is -2.27. The first-order chi connectivity index (χ1) is 8.79. The summed E-state index contributed by atoms with van der Waals surface area (Å²) in [5.41, 5.74) is 7.28.